The molecule has 74 valence electrons. The highest BCUT2D eigenvalue weighted by Crippen LogP contribution is 2.14. The Kier molecular flexibility index (Phi) is 5.31. The number of aldehydes is 1. The lowest BCUT2D eigenvalue weighted by Gasteiger charge is -2.16. The molecule has 0 saturated heterocycles. The molecule has 0 aliphatic heterocycles. The van der Waals surface area contributed by atoms with Crippen LogP contribution in [0.4, 0.5) is 0 Å². The zero-order valence-corrected chi connectivity index (χ0v) is 8.42. The van der Waals surface area contributed by atoms with Crippen molar-refractivity contribution in [2.45, 2.75) is 38.7 Å². The largest absolute Gasteiger partial charge is 0.386 e. The second-order valence-corrected chi connectivity index (χ2v) is 3.52. The van der Waals surface area contributed by atoms with Gasteiger partial charge < -0.3 is 9.90 Å². The van der Waals surface area contributed by atoms with E-state index in [9.17, 15) is 9.90 Å². The number of hydrogen-bond donors (Lipinski definition) is 1. The van der Waals surface area contributed by atoms with Gasteiger partial charge in [0.15, 0.2) is 0 Å². The normalized spacial score (nSPS) is 16.4. The highest BCUT2D eigenvalue weighted by Gasteiger charge is 2.12. The Bertz CT molecular complexity index is 202. The van der Waals surface area contributed by atoms with Crippen LogP contribution in [-0.4, -0.2) is 17.0 Å². The third kappa shape index (κ3) is 6.29. The molecule has 2 nitrogen and oxygen atoms in total. The van der Waals surface area contributed by atoms with Gasteiger partial charge in [0.05, 0.1) is 5.60 Å². The number of hydrogen-bond acceptors (Lipinski definition) is 2. The summed E-state index contributed by atoms with van der Waals surface area (Å²) in [5.74, 6) is 0. The third-order valence-corrected chi connectivity index (χ3v) is 1.99. The predicted octanol–water partition coefficient (Wildman–Crippen LogP) is 2.24. The first-order valence-corrected chi connectivity index (χ1v) is 4.47. The summed E-state index contributed by atoms with van der Waals surface area (Å²) < 4.78 is 0. The van der Waals surface area contributed by atoms with E-state index in [1.54, 1.807) is 6.92 Å². The van der Waals surface area contributed by atoms with E-state index in [0.29, 0.717) is 12.8 Å². The summed E-state index contributed by atoms with van der Waals surface area (Å²) in [5, 5.41) is 9.55. The molecule has 0 saturated carbocycles. The summed E-state index contributed by atoms with van der Waals surface area (Å²) in [6.45, 7) is 7.18. The zero-order chi connectivity index (χ0) is 10.3. The molecular weight excluding hydrogens is 164 g/mol. The third-order valence-electron chi connectivity index (χ3n) is 1.99. The average molecular weight is 182 g/mol. The first kappa shape index (κ1) is 12.1. The lowest BCUT2D eigenvalue weighted by molar-refractivity contribution is -0.107. The van der Waals surface area contributed by atoms with Gasteiger partial charge in [-0.15, -0.1) is 6.58 Å². The highest BCUT2D eigenvalue weighted by molar-refractivity contribution is 5.53. The first-order chi connectivity index (χ1) is 6.02. The Hall–Kier alpha value is -0.890. The van der Waals surface area contributed by atoms with E-state index in [1.165, 1.54) is 6.08 Å². The van der Waals surface area contributed by atoms with Crippen LogP contribution in [-0.2, 0) is 4.79 Å². The van der Waals surface area contributed by atoms with E-state index in [-0.39, 0.29) is 0 Å². The lowest BCUT2D eigenvalue weighted by Crippen LogP contribution is -2.19. The molecule has 1 unspecified atom stereocenters. The van der Waals surface area contributed by atoms with Gasteiger partial charge in [-0.05, 0) is 26.7 Å². The summed E-state index contributed by atoms with van der Waals surface area (Å²) in [7, 11) is 0. The Labute approximate surface area is 80.0 Å². The van der Waals surface area contributed by atoms with Crippen molar-refractivity contribution in [3.63, 3.8) is 0 Å². The molecule has 0 heterocycles. The molecular formula is C11H18O2. The summed E-state index contributed by atoms with van der Waals surface area (Å²) in [6.07, 6.45) is 6.31. The minimum absolute atomic E-state index is 0.482. The zero-order valence-electron chi connectivity index (χ0n) is 8.42. The van der Waals surface area contributed by atoms with E-state index in [1.807, 2.05) is 13.0 Å². The fourth-order valence-electron chi connectivity index (χ4n) is 0.928. The van der Waals surface area contributed by atoms with Gasteiger partial charge in [0.25, 0.3) is 0 Å². The molecule has 0 radical (unpaired) electrons. The van der Waals surface area contributed by atoms with Gasteiger partial charge in [0, 0.05) is 6.42 Å². The maximum atomic E-state index is 10.1. The van der Waals surface area contributed by atoms with Gasteiger partial charge in [-0.3, -0.25) is 0 Å². The Balaban J connectivity index is 3.83. The van der Waals surface area contributed by atoms with Crippen LogP contribution in [0.25, 0.3) is 0 Å². The smallest absolute Gasteiger partial charge is 0.124 e. The van der Waals surface area contributed by atoms with E-state index >= 15 is 0 Å². The van der Waals surface area contributed by atoms with E-state index in [2.05, 4.69) is 6.58 Å². The van der Waals surface area contributed by atoms with Crippen molar-refractivity contribution in [3.8, 4) is 0 Å². The summed E-state index contributed by atoms with van der Waals surface area (Å²) in [5.41, 5.74) is 0.257. The van der Waals surface area contributed by atoms with Crippen LogP contribution in [0.5, 0.6) is 0 Å². The van der Waals surface area contributed by atoms with E-state index < -0.39 is 5.60 Å². The first-order valence-electron chi connectivity index (χ1n) is 4.47. The summed E-state index contributed by atoms with van der Waals surface area (Å²) in [6, 6.07) is 0. The van der Waals surface area contributed by atoms with Crippen LogP contribution < -0.4 is 0 Å². The molecule has 0 bridgehead atoms. The van der Waals surface area contributed by atoms with Gasteiger partial charge in [-0.25, -0.2) is 0 Å². The minimum Gasteiger partial charge on any atom is -0.386 e. The molecule has 0 aromatic heterocycles. The number of carbonyl (C=O) groups excluding carboxylic acids is 1. The van der Waals surface area contributed by atoms with Crippen LogP contribution in [0.3, 0.4) is 0 Å². The van der Waals surface area contributed by atoms with Crippen LogP contribution >= 0.6 is 0 Å². The average Bonchev–Trinajstić information content (AvgIpc) is 2.05. The molecule has 0 aromatic rings. The molecule has 0 spiro atoms. The maximum absolute atomic E-state index is 10.1. The van der Waals surface area contributed by atoms with Crippen LogP contribution in [0.15, 0.2) is 24.3 Å². The molecule has 13 heavy (non-hydrogen) atoms. The quantitative estimate of drug-likeness (QED) is 0.505. The SMILES string of the molecule is C=CC(C)(O)CCC=C(C)CC=O. The highest BCUT2D eigenvalue weighted by atomic mass is 16.3. The second kappa shape index (κ2) is 5.70. The van der Waals surface area contributed by atoms with Gasteiger partial charge >= 0.3 is 0 Å². The van der Waals surface area contributed by atoms with Crippen LogP contribution in [0.2, 0.25) is 0 Å². The second-order valence-electron chi connectivity index (χ2n) is 3.52. The van der Waals surface area contributed by atoms with Crippen LogP contribution in [0.1, 0.15) is 33.1 Å². The molecule has 2 heteroatoms. The Morgan fingerprint density at radius 1 is 1.62 bits per heavy atom. The van der Waals surface area contributed by atoms with Gasteiger partial charge in [-0.1, -0.05) is 17.7 Å². The fourth-order valence-corrected chi connectivity index (χ4v) is 0.928. The number of rotatable bonds is 6. The maximum Gasteiger partial charge on any atom is 0.124 e. The molecule has 0 aliphatic rings. The Morgan fingerprint density at radius 3 is 2.69 bits per heavy atom. The van der Waals surface area contributed by atoms with Crippen molar-refractivity contribution in [2.75, 3.05) is 0 Å². The molecule has 0 aromatic carbocycles. The molecule has 1 N–H and O–H groups in total. The van der Waals surface area contributed by atoms with Crippen molar-refractivity contribution in [1.82, 2.24) is 0 Å². The van der Waals surface area contributed by atoms with Crippen molar-refractivity contribution in [1.29, 1.82) is 0 Å². The van der Waals surface area contributed by atoms with E-state index in [4.69, 9.17) is 0 Å². The molecule has 0 fully saturated rings. The minimum atomic E-state index is -0.794. The monoisotopic (exact) mass is 182 g/mol. The van der Waals surface area contributed by atoms with Crippen molar-refractivity contribution in [3.05, 3.63) is 24.3 Å². The molecule has 0 amide bonds. The summed E-state index contributed by atoms with van der Waals surface area (Å²) >= 11 is 0. The molecule has 0 rings (SSSR count). The topological polar surface area (TPSA) is 37.3 Å². The Morgan fingerprint density at radius 2 is 2.23 bits per heavy atom. The molecule has 1 atom stereocenters. The summed E-state index contributed by atoms with van der Waals surface area (Å²) in [4.78, 5) is 10.1. The fraction of sp³-hybridized carbons (Fsp3) is 0.545. The predicted molar refractivity (Wildman–Crippen MR) is 54.5 cm³/mol. The van der Waals surface area contributed by atoms with Gasteiger partial charge in [0.1, 0.15) is 6.29 Å². The number of carbonyl (C=O) groups is 1. The van der Waals surface area contributed by atoms with Crippen molar-refractivity contribution in [2.24, 2.45) is 0 Å². The number of aliphatic hydroxyl groups is 1. The lowest BCUT2D eigenvalue weighted by atomic mass is 9.99. The van der Waals surface area contributed by atoms with Gasteiger partial charge in [0.2, 0.25) is 0 Å². The number of allylic oxidation sites excluding steroid dienone is 2. The molecule has 0 aliphatic carbocycles. The standard InChI is InChI=1S/C11H18O2/c1-4-11(3,13)8-5-6-10(2)7-9-12/h4,6,9,13H,1,5,7-8H2,2-3H3. The van der Waals surface area contributed by atoms with Crippen LogP contribution in [0, 0.1) is 0 Å². The van der Waals surface area contributed by atoms with Gasteiger partial charge in [-0.2, -0.15) is 0 Å². The van der Waals surface area contributed by atoms with E-state index in [0.717, 1.165) is 18.3 Å². The van der Waals surface area contributed by atoms with Crippen molar-refractivity contribution >= 4 is 6.29 Å². The van der Waals surface area contributed by atoms with Crippen molar-refractivity contribution < 1.29 is 9.90 Å².